The summed E-state index contributed by atoms with van der Waals surface area (Å²) in [6, 6.07) is 3.32. The molecule has 0 aromatic heterocycles. The van der Waals surface area contributed by atoms with Crippen molar-refractivity contribution in [3.05, 3.63) is 23.3 Å². The highest BCUT2D eigenvalue weighted by molar-refractivity contribution is 5.65. The molecule has 1 rings (SSSR count). The number of hydrogen-bond acceptors (Lipinski definition) is 3. The van der Waals surface area contributed by atoms with Crippen LogP contribution in [0, 0.1) is 0 Å². The number of phenols is 1. The van der Waals surface area contributed by atoms with Crippen LogP contribution in [-0.2, 0) is 10.8 Å². The lowest BCUT2D eigenvalue weighted by atomic mass is 9.74. The van der Waals surface area contributed by atoms with Gasteiger partial charge in [0.15, 0.2) is 11.5 Å². The van der Waals surface area contributed by atoms with Crippen LogP contribution in [0.4, 0.5) is 4.79 Å². The predicted molar refractivity (Wildman–Crippen MR) is 74.2 cm³/mol. The maximum Gasteiger partial charge on any atom is 0.511 e. The Morgan fingerprint density at radius 2 is 1.58 bits per heavy atom. The second-order valence-corrected chi connectivity index (χ2v) is 6.70. The van der Waals surface area contributed by atoms with Crippen molar-refractivity contribution in [2.45, 2.75) is 52.4 Å². The Bertz CT molecular complexity index is 490. The van der Waals surface area contributed by atoms with Gasteiger partial charge in [-0.05, 0) is 22.5 Å². The van der Waals surface area contributed by atoms with Crippen molar-refractivity contribution >= 4 is 6.16 Å². The fourth-order valence-corrected chi connectivity index (χ4v) is 2.13. The van der Waals surface area contributed by atoms with E-state index in [0.717, 1.165) is 11.1 Å². The minimum absolute atomic E-state index is 0.0228. The highest BCUT2D eigenvalue weighted by Gasteiger charge is 2.30. The highest BCUT2D eigenvalue weighted by Crippen LogP contribution is 2.43. The largest absolute Gasteiger partial charge is 0.511 e. The number of ether oxygens (including phenoxy) is 1. The number of hydrogen-bond donors (Lipinski definition) is 2. The van der Waals surface area contributed by atoms with Crippen molar-refractivity contribution in [1.82, 2.24) is 0 Å². The molecule has 0 radical (unpaired) electrons. The molecule has 0 amide bonds. The van der Waals surface area contributed by atoms with Gasteiger partial charge in [-0.2, -0.15) is 0 Å². The average Bonchev–Trinajstić information content (AvgIpc) is 2.16. The molecule has 0 spiro atoms. The van der Waals surface area contributed by atoms with Gasteiger partial charge in [-0.1, -0.05) is 47.6 Å². The van der Waals surface area contributed by atoms with E-state index in [0.29, 0.717) is 0 Å². The smallest absolute Gasteiger partial charge is 0.504 e. The van der Waals surface area contributed by atoms with Gasteiger partial charge in [0.2, 0.25) is 0 Å². The zero-order valence-electron chi connectivity index (χ0n) is 12.4. The van der Waals surface area contributed by atoms with Gasteiger partial charge in [-0.15, -0.1) is 0 Å². The van der Waals surface area contributed by atoms with Gasteiger partial charge in [0.05, 0.1) is 0 Å². The third-order valence-corrected chi connectivity index (χ3v) is 2.90. The molecule has 4 heteroatoms. The average molecular weight is 266 g/mol. The normalized spacial score (nSPS) is 12.3. The molecule has 0 fully saturated rings. The van der Waals surface area contributed by atoms with Crippen LogP contribution in [0.3, 0.4) is 0 Å². The van der Waals surface area contributed by atoms with Gasteiger partial charge in [0.25, 0.3) is 0 Å². The zero-order chi connectivity index (χ0) is 15.0. The first-order valence-electron chi connectivity index (χ1n) is 6.22. The van der Waals surface area contributed by atoms with Crippen LogP contribution < -0.4 is 4.74 Å². The minimum Gasteiger partial charge on any atom is -0.504 e. The third-order valence-electron chi connectivity index (χ3n) is 2.90. The second-order valence-electron chi connectivity index (χ2n) is 6.70. The molecule has 0 atom stereocenters. The number of aromatic hydroxyl groups is 1. The number of phenolic OH excluding ortho intramolecular Hbond substituents is 1. The molecule has 19 heavy (non-hydrogen) atoms. The van der Waals surface area contributed by atoms with E-state index in [9.17, 15) is 9.90 Å². The van der Waals surface area contributed by atoms with Gasteiger partial charge in [0, 0.05) is 5.56 Å². The van der Waals surface area contributed by atoms with Crippen LogP contribution in [0.1, 0.15) is 52.7 Å². The summed E-state index contributed by atoms with van der Waals surface area (Å²) in [5, 5.41) is 19.0. The molecule has 1 aromatic carbocycles. The molecule has 0 saturated heterocycles. The summed E-state index contributed by atoms with van der Waals surface area (Å²) in [7, 11) is 0. The molecule has 0 aliphatic heterocycles. The lowest BCUT2D eigenvalue weighted by Gasteiger charge is -2.31. The Morgan fingerprint density at radius 1 is 1.05 bits per heavy atom. The first-order valence-corrected chi connectivity index (χ1v) is 6.22. The summed E-state index contributed by atoms with van der Waals surface area (Å²) in [5.74, 6) is -0.118. The summed E-state index contributed by atoms with van der Waals surface area (Å²) in [4.78, 5) is 10.6. The van der Waals surface area contributed by atoms with Gasteiger partial charge in [-0.3, -0.25) is 0 Å². The third kappa shape index (κ3) is 3.40. The lowest BCUT2D eigenvalue weighted by Crippen LogP contribution is -2.22. The molecule has 0 unspecified atom stereocenters. The van der Waals surface area contributed by atoms with Gasteiger partial charge >= 0.3 is 6.16 Å². The van der Waals surface area contributed by atoms with E-state index < -0.39 is 6.16 Å². The van der Waals surface area contributed by atoms with Crippen LogP contribution in [0.15, 0.2) is 12.1 Å². The molecule has 2 N–H and O–H groups in total. The van der Waals surface area contributed by atoms with Crippen molar-refractivity contribution in [2.24, 2.45) is 0 Å². The summed E-state index contributed by atoms with van der Waals surface area (Å²) >= 11 is 0. The van der Waals surface area contributed by atoms with E-state index in [1.165, 1.54) is 6.07 Å². The van der Waals surface area contributed by atoms with Crippen LogP contribution in [0.5, 0.6) is 11.5 Å². The summed E-state index contributed by atoms with van der Waals surface area (Å²) in [5.41, 5.74) is 1.24. The van der Waals surface area contributed by atoms with Crippen molar-refractivity contribution in [3.8, 4) is 11.5 Å². The number of benzene rings is 1. The quantitative estimate of drug-likeness (QED) is 0.594. The Hall–Kier alpha value is -1.71. The van der Waals surface area contributed by atoms with Crippen LogP contribution in [0.25, 0.3) is 0 Å². The molecule has 0 bridgehead atoms. The van der Waals surface area contributed by atoms with Crippen LogP contribution in [0.2, 0.25) is 0 Å². The van der Waals surface area contributed by atoms with Crippen molar-refractivity contribution in [1.29, 1.82) is 0 Å². The van der Waals surface area contributed by atoms with Crippen LogP contribution in [-0.4, -0.2) is 16.4 Å². The summed E-state index contributed by atoms with van der Waals surface area (Å²) in [6.45, 7) is 12.1. The maximum atomic E-state index is 10.6. The second kappa shape index (κ2) is 4.76. The molecule has 0 aliphatic rings. The molecule has 0 saturated carbocycles. The fourth-order valence-electron chi connectivity index (χ4n) is 2.13. The number of carbonyl (C=O) groups is 1. The first kappa shape index (κ1) is 15.3. The van der Waals surface area contributed by atoms with E-state index in [2.05, 4.69) is 25.5 Å². The van der Waals surface area contributed by atoms with Crippen molar-refractivity contribution in [2.75, 3.05) is 0 Å². The lowest BCUT2D eigenvalue weighted by molar-refractivity contribution is 0.142. The Labute approximate surface area is 114 Å². The molecule has 4 nitrogen and oxygen atoms in total. The Balaban J connectivity index is 3.55. The molecule has 1 aromatic rings. The Morgan fingerprint density at radius 3 is 1.95 bits per heavy atom. The Kier molecular flexibility index (Phi) is 3.84. The van der Waals surface area contributed by atoms with Gasteiger partial charge in [0.1, 0.15) is 0 Å². The maximum absolute atomic E-state index is 10.6. The molecule has 0 heterocycles. The van der Waals surface area contributed by atoms with Crippen molar-refractivity contribution < 1.29 is 19.7 Å². The predicted octanol–water partition coefficient (Wildman–Crippen LogP) is 4.04. The standard InChI is InChI=1S/C15H22O4/c1-14(2,3)9-7-8-10(19-13(17)18)12(16)11(9)15(4,5)6/h7-8,16H,1-6H3,(H,17,18). The SMILES string of the molecule is CC(C)(C)c1ccc(OC(=O)O)c(O)c1C(C)(C)C. The monoisotopic (exact) mass is 266 g/mol. The number of rotatable bonds is 1. The molecule has 106 valence electrons. The van der Waals surface area contributed by atoms with Crippen molar-refractivity contribution in [3.63, 3.8) is 0 Å². The van der Waals surface area contributed by atoms with Crippen LogP contribution >= 0.6 is 0 Å². The molecular weight excluding hydrogens is 244 g/mol. The van der Waals surface area contributed by atoms with Gasteiger partial charge < -0.3 is 14.9 Å². The van der Waals surface area contributed by atoms with E-state index in [1.54, 1.807) is 0 Å². The minimum atomic E-state index is -1.43. The fraction of sp³-hybridized carbons (Fsp3) is 0.533. The van der Waals surface area contributed by atoms with E-state index in [-0.39, 0.29) is 22.3 Å². The molecule has 0 aliphatic carbocycles. The number of carboxylic acid groups (broad SMARTS) is 1. The highest BCUT2D eigenvalue weighted by atomic mass is 16.7. The zero-order valence-corrected chi connectivity index (χ0v) is 12.4. The summed E-state index contributed by atoms with van der Waals surface area (Å²) in [6.07, 6.45) is -1.43. The van der Waals surface area contributed by atoms with E-state index in [1.807, 2.05) is 26.8 Å². The van der Waals surface area contributed by atoms with E-state index >= 15 is 0 Å². The molecular formula is C15H22O4. The van der Waals surface area contributed by atoms with E-state index in [4.69, 9.17) is 5.11 Å². The topological polar surface area (TPSA) is 66.8 Å². The first-order chi connectivity index (χ1) is 8.44. The van der Waals surface area contributed by atoms with Gasteiger partial charge in [-0.25, -0.2) is 4.79 Å². The summed E-state index contributed by atoms with van der Waals surface area (Å²) < 4.78 is 4.62.